The Hall–Kier alpha value is -0.553. The lowest BCUT2D eigenvalue weighted by Gasteiger charge is -2.19. The van der Waals surface area contributed by atoms with Crippen molar-refractivity contribution in [3.05, 3.63) is 23.0 Å². The second-order valence-corrected chi connectivity index (χ2v) is 9.71. The van der Waals surface area contributed by atoms with E-state index in [2.05, 4.69) is 4.98 Å². The van der Waals surface area contributed by atoms with Crippen molar-refractivity contribution in [3.8, 4) is 0 Å². The molecule has 0 saturated heterocycles. The van der Waals surface area contributed by atoms with Crippen molar-refractivity contribution >= 4 is 24.9 Å². The zero-order valence-corrected chi connectivity index (χ0v) is 10.4. The summed E-state index contributed by atoms with van der Waals surface area (Å²) in [6.07, 6.45) is -3.59. The van der Waals surface area contributed by atoms with Crippen LogP contribution in [0.15, 0.2) is 12.3 Å². The number of hydrogen-bond donors (Lipinski definition) is 0. The van der Waals surface area contributed by atoms with Crippen molar-refractivity contribution in [2.45, 2.75) is 25.8 Å². The van der Waals surface area contributed by atoms with Gasteiger partial charge in [-0.25, -0.2) is 4.98 Å². The number of rotatable bonds is 1. The fourth-order valence-corrected chi connectivity index (χ4v) is 3.35. The molecule has 0 N–H and O–H groups in total. The van der Waals surface area contributed by atoms with Crippen LogP contribution in [0, 0.1) is 0 Å². The molecule has 0 atom stereocenters. The zero-order valence-electron chi connectivity index (χ0n) is 8.61. The van der Waals surface area contributed by atoms with Crippen LogP contribution in [0.3, 0.4) is 0 Å². The smallest absolute Gasteiger partial charge is 0.244 e. The van der Waals surface area contributed by atoms with E-state index < -0.39 is 19.8 Å². The van der Waals surface area contributed by atoms with Gasteiger partial charge in [-0.2, -0.15) is 13.2 Å². The van der Waals surface area contributed by atoms with Gasteiger partial charge in [-0.3, -0.25) is 0 Å². The predicted octanol–water partition coefficient (Wildman–Crippen LogP) is 3.30. The van der Waals surface area contributed by atoms with Gasteiger partial charge in [0.25, 0.3) is 0 Å². The molecule has 0 fully saturated rings. The minimum atomic E-state index is -4.36. The van der Waals surface area contributed by atoms with Crippen LogP contribution in [0.4, 0.5) is 13.2 Å². The van der Waals surface area contributed by atoms with Crippen LogP contribution in [0.25, 0.3) is 0 Å². The Kier molecular flexibility index (Phi) is 3.16. The van der Waals surface area contributed by atoms with E-state index in [-0.39, 0.29) is 5.15 Å². The summed E-state index contributed by atoms with van der Waals surface area (Å²) < 4.78 is 37.3. The molecule has 0 aliphatic heterocycles. The van der Waals surface area contributed by atoms with E-state index in [1.54, 1.807) is 0 Å². The quantitative estimate of drug-likeness (QED) is 0.553. The average molecular weight is 254 g/mol. The highest BCUT2D eigenvalue weighted by molar-refractivity contribution is 6.90. The predicted molar refractivity (Wildman–Crippen MR) is 57.2 cm³/mol. The normalized spacial score (nSPS) is 13.0. The third kappa shape index (κ3) is 2.95. The molecule has 0 amide bonds. The van der Waals surface area contributed by atoms with E-state index in [9.17, 15) is 13.2 Å². The molecule has 1 nitrogen and oxygen atoms in total. The summed E-state index contributed by atoms with van der Waals surface area (Å²) in [5.41, 5.74) is -0.732. The van der Waals surface area contributed by atoms with E-state index in [4.69, 9.17) is 11.6 Å². The van der Waals surface area contributed by atoms with E-state index in [1.807, 2.05) is 19.6 Å². The van der Waals surface area contributed by atoms with E-state index in [0.717, 1.165) is 12.3 Å². The first kappa shape index (κ1) is 12.5. The number of halogens is 4. The maximum Gasteiger partial charge on any atom is 0.417 e. The number of hydrogen-bond acceptors (Lipinski definition) is 1. The van der Waals surface area contributed by atoms with Crippen LogP contribution >= 0.6 is 11.6 Å². The maximum atomic E-state index is 12.4. The van der Waals surface area contributed by atoms with Gasteiger partial charge in [-0.1, -0.05) is 31.2 Å². The first-order chi connectivity index (χ1) is 6.62. The molecule has 1 rings (SSSR count). The fourth-order valence-electron chi connectivity index (χ4n) is 1.13. The highest BCUT2D eigenvalue weighted by Crippen LogP contribution is 2.29. The molecule has 0 radical (unpaired) electrons. The minimum absolute atomic E-state index is 0.183. The van der Waals surface area contributed by atoms with Gasteiger partial charge in [-0.05, 0) is 11.3 Å². The van der Waals surface area contributed by atoms with Crippen LogP contribution in [0.5, 0.6) is 0 Å². The third-order valence-corrected chi connectivity index (χ3v) is 4.43. The first-order valence-electron chi connectivity index (χ1n) is 4.35. The molecule has 84 valence electrons. The van der Waals surface area contributed by atoms with Gasteiger partial charge in [-0.15, -0.1) is 0 Å². The summed E-state index contributed by atoms with van der Waals surface area (Å²) in [5.74, 6) is 0. The molecule has 0 aromatic carbocycles. The number of nitrogens with zero attached hydrogens (tertiary/aromatic N) is 1. The van der Waals surface area contributed by atoms with Gasteiger partial charge in [0.15, 0.2) is 0 Å². The third-order valence-electron chi connectivity index (χ3n) is 1.97. The Morgan fingerprint density at radius 1 is 1.27 bits per heavy atom. The largest absolute Gasteiger partial charge is 0.417 e. The van der Waals surface area contributed by atoms with Crippen LogP contribution in [0.1, 0.15) is 5.56 Å². The molecule has 0 spiro atoms. The minimum Gasteiger partial charge on any atom is -0.244 e. The first-order valence-corrected chi connectivity index (χ1v) is 8.23. The van der Waals surface area contributed by atoms with Crippen LogP contribution in [0.2, 0.25) is 24.8 Å². The second-order valence-electron chi connectivity index (χ2n) is 4.31. The second kappa shape index (κ2) is 3.79. The van der Waals surface area contributed by atoms with E-state index in [0.29, 0.717) is 5.19 Å². The van der Waals surface area contributed by atoms with Crippen molar-refractivity contribution in [3.63, 3.8) is 0 Å². The van der Waals surface area contributed by atoms with E-state index >= 15 is 0 Å². The standard InChI is InChI=1S/C9H11ClF3NSi/c1-15(2,3)7-4-6(9(11,12)13)5-14-8(7)10/h4-5H,1-3H3. The summed E-state index contributed by atoms with van der Waals surface area (Å²) in [4.78, 5) is 3.59. The SMILES string of the molecule is C[Si](C)(C)c1cc(C(F)(F)F)cnc1Cl. The number of pyridine rings is 1. The van der Waals surface area contributed by atoms with Crippen molar-refractivity contribution in [2.24, 2.45) is 0 Å². The van der Waals surface area contributed by atoms with Gasteiger partial charge in [0.2, 0.25) is 0 Å². The summed E-state index contributed by atoms with van der Waals surface area (Å²) in [7, 11) is -1.88. The maximum absolute atomic E-state index is 12.4. The number of alkyl halides is 3. The van der Waals surface area contributed by atoms with Gasteiger partial charge in [0.05, 0.1) is 13.6 Å². The molecule has 6 heteroatoms. The monoisotopic (exact) mass is 253 g/mol. The van der Waals surface area contributed by atoms with Crippen molar-refractivity contribution < 1.29 is 13.2 Å². The lowest BCUT2D eigenvalue weighted by molar-refractivity contribution is -0.137. The van der Waals surface area contributed by atoms with Crippen molar-refractivity contribution in [1.82, 2.24) is 4.98 Å². The van der Waals surface area contributed by atoms with E-state index in [1.165, 1.54) is 0 Å². The molecule has 0 aliphatic rings. The zero-order chi connectivity index (χ0) is 11.9. The van der Waals surface area contributed by atoms with Crippen molar-refractivity contribution in [1.29, 1.82) is 0 Å². The van der Waals surface area contributed by atoms with Gasteiger partial charge >= 0.3 is 6.18 Å². The molecule has 0 bridgehead atoms. The lowest BCUT2D eigenvalue weighted by atomic mass is 10.3. The van der Waals surface area contributed by atoms with Gasteiger partial charge < -0.3 is 0 Å². The molecule has 0 saturated carbocycles. The Balaban J connectivity index is 3.30. The Labute approximate surface area is 92.3 Å². The Bertz CT molecular complexity index is 371. The number of aromatic nitrogens is 1. The molecule has 1 aromatic rings. The van der Waals surface area contributed by atoms with Crippen LogP contribution < -0.4 is 5.19 Å². The van der Waals surface area contributed by atoms with Gasteiger partial charge in [0, 0.05) is 6.20 Å². The summed E-state index contributed by atoms with van der Waals surface area (Å²) in [5, 5.41) is 0.723. The molecule has 1 aromatic heterocycles. The van der Waals surface area contributed by atoms with Crippen LogP contribution in [-0.2, 0) is 6.18 Å². The highest BCUT2D eigenvalue weighted by atomic mass is 35.5. The fraction of sp³-hybridized carbons (Fsp3) is 0.444. The van der Waals surface area contributed by atoms with Gasteiger partial charge in [0.1, 0.15) is 5.15 Å². The van der Waals surface area contributed by atoms with Crippen molar-refractivity contribution in [2.75, 3.05) is 0 Å². The highest BCUT2D eigenvalue weighted by Gasteiger charge is 2.33. The van der Waals surface area contributed by atoms with Crippen LogP contribution in [-0.4, -0.2) is 13.1 Å². The summed E-state index contributed by atoms with van der Waals surface area (Å²) in [6, 6.07) is 1.11. The molecule has 0 unspecified atom stereocenters. The average Bonchev–Trinajstić information content (AvgIpc) is 2.00. The lowest BCUT2D eigenvalue weighted by Crippen LogP contribution is -2.39. The molecule has 0 aliphatic carbocycles. The summed E-state index contributed by atoms with van der Waals surface area (Å²) >= 11 is 5.79. The molecule has 1 heterocycles. The Morgan fingerprint density at radius 2 is 1.80 bits per heavy atom. The Morgan fingerprint density at radius 3 is 2.20 bits per heavy atom. The topological polar surface area (TPSA) is 12.9 Å². The molecule has 15 heavy (non-hydrogen) atoms. The summed E-state index contributed by atoms with van der Waals surface area (Å²) in [6.45, 7) is 5.78. The molecular weight excluding hydrogens is 243 g/mol. The molecular formula is C9H11ClF3NSi.